The smallest absolute Gasteiger partial charge is 0.397 e. The van der Waals surface area contributed by atoms with E-state index in [4.69, 9.17) is 15.1 Å². The van der Waals surface area contributed by atoms with Crippen LogP contribution in [-0.4, -0.2) is 74.5 Å². The number of nitrogens with zero attached hydrogens (tertiary/aromatic N) is 3. The van der Waals surface area contributed by atoms with E-state index in [-0.39, 0.29) is 44.1 Å². The van der Waals surface area contributed by atoms with Gasteiger partial charge in [-0.1, -0.05) is 34.3 Å². The van der Waals surface area contributed by atoms with Gasteiger partial charge in [0.15, 0.2) is 5.75 Å². The van der Waals surface area contributed by atoms with Gasteiger partial charge in [0.1, 0.15) is 17.1 Å². The Balaban J connectivity index is 1.59. The number of hydrogen-bond acceptors (Lipinski definition) is 20. The second kappa shape index (κ2) is 17.2. The zero-order valence-corrected chi connectivity index (χ0v) is 31.5. The van der Waals surface area contributed by atoms with Gasteiger partial charge in [-0.3, -0.25) is 13.4 Å². The summed E-state index contributed by atoms with van der Waals surface area (Å²) in [6, 6.07) is 16.5. The fourth-order valence-electron chi connectivity index (χ4n) is 5.01. The van der Waals surface area contributed by atoms with Crippen LogP contribution in [0.1, 0.15) is 0 Å². The van der Waals surface area contributed by atoms with Crippen molar-refractivity contribution < 1.29 is 78.0 Å². The summed E-state index contributed by atoms with van der Waals surface area (Å²) >= 11 is 0.909. The average Bonchev–Trinajstić information content (AvgIpc) is 3.12. The van der Waals surface area contributed by atoms with Gasteiger partial charge in [0, 0.05) is 28.9 Å². The summed E-state index contributed by atoms with van der Waals surface area (Å²) in [6.45, 7) is -0.855. The molecule has 0 aliphatic carbocycles. The lowest BCUT2D eigenvalue weighted by molar-refractivity contribution is -0.432. The molecule has 0 amide bonds. The average molecular weight is 863 g/mol. The van der Waals surface area contributed by atoms with E-state index in [0.29, 0.717) is 39.8 Å². The fourth-order valence-corrected chi connectivity index (χ4v) is 7.99. The third-order valence-electron chi connectivity index (χ3n) is 7.44. The number of nitrogens with one attached hydrogen (secondary N) is 1. The second-order valence-electron chi connectivity index (χ2n) is 10.8. The van der Waals surface area contributed by atoms with Gasteiger partial charge in [-0.05, 0) is 53.9 Å². The van der Waals surface area contributed by atoms with Crippen molar-refractivity contribution in [3.8, 4) is 11.5 Å². The van der Waals surface area contributed by atoms with E-state index in [0.717, 1.165) is 16.4 Å². The summed E-state index contributed by atoms with van der Waals surface area (Å²) in [5.74, 6) is -1.86. The third kappa shape index (κ3) is 10.1. The van der Waals surface area contributed by atoms with Crippen LogP contribution in [0.2, 0.25) is 0 Å². The Labute approximate surface area is 319 Å². The Hall–Kier alpha value is -4.39. The zero-order chi connectivity index (χ0) is 40.1. The van der Waals surface area contributed by atoms with Crippen molar-refractivity contribution in [2.45, 2.75) is 14.7 Å². The number of hydrogen-bond donors (Lipinski definition) is 7. The molecule has 0 unspecified atom stereocenters. The Morgan fingerprint density at radius 2 is 1.40 bits per heavy atom. The topological polar surface area (TPSA) is 310 Å². The van der Waals surface area contributed by atoms with Gasteiger partial charge in [-0.15, -0.1) is 18.9 Å². The molecule has 55 heavy (non-hydrogen) atoms. The van der Waals surface area contributed by atoms with Crippen molar-refractivity contribution in [2.75, 3.05) is 29.0 Å². The molecular formula is C29H26N4O17S5. The number of phenols is 2. The number of benzene rings is 5. The molecule has 0 bridgehead atoms. The van der Waals surface area contributed by atoms with E-state index in [1.807, 2.05) is 0 Å². The van der Waals surface area contributed by atoms with E-state index in [2.05, 4.69) is 38.5 Å². The van der Waals surface area contributed by atoms with Crippen molar-refractivity contribution in [1.29, 1.82) is 0 Å². The number of azo groups is 1. The molecule has 0 saturated carbocycles. The van der Waals surface area contributed by atoms with Crippen molar-refractivity contribution in [2.24, 2.45) is 10.2 Å². The highest BCUT2D eigenvalue weighted by molar-refractivity contribution is 7.95. The quantitative estimate of drug-likeness (QED) is 0.0178. The third-order valence-corrected chi connectivity index (χ3v) is 11.7. The molecule has 0 saturated heterocycles. The van der Waals surface area contributed by atoms with E-state index in [1.54, 1.807) is 24.3 Å². The van der Waals surface area contributed by atoms with Gasteiger partial charge < -0.3 is 15.5 Å². The summed E-state index contributed by atoms with van der Waals surface area (Å²) < 4.78 is 104. The summed E-state index contributed by atoms with van der Waals surface area (Å²) in [6.07, 6.45) is 0. The number of phenolic OH excluding ortho intramolecular Hbond substituents is 2. The van der Waals surface area contributed by atoms with Crippen LogP contribution in [0.4, 0.5) is 28.4 Å². The van der Waals surface area contributed by atoms with Crippen LogP contribution in [-0.2, 0) is 53.5 Å². The second-order valence-corrected chi connectivity index (χ2v) is 16.9. The Morgan fingerprint density at radius 1 is 0.782 bits per heavy atom. The summed E-state index contributed by atoms with van der Waals surface area (Å²) in [5.41, 5.74) is -0.231. The van der Waals surface area contributed by atoms with Gasteiger partial charge in [0.05, 0.1) is 62.5 Å². The van der Waals surface area contributed by atoms with Crippen LogP contribution >= 0.6 is 24.1 Å². The van der Waals surface area contributed by atoms with Crippen LogP contribution in [0, 0.1) is 0 Å². The highest BCUT2D eigenvalue weighted by Gasteiger charge is 2.23. The molecule has 0 aliphatic rings. The summed E-state index contributed by atoms with van der Waals surface area (Å²) in [7, 11) is -12.7. The molecule has 5 aromatic carbocycles. The maximum atomic E-state index is 12.7. The molecule has 0 heterocycles. The van der Waals surface area contributed by atoms with Gasteiger partial charge in [-0.2, -0.15) is 16.8 Å². The molecule has 7 N–H and O–H groups in total. The molecule has 0 atom stereocenters. The molecule has 0 fully saturated rings. The molecule has 0 aliphatic heterocycles. The molecule has 0 radical (unpaired) electrons. The zero-order valence-electron chi connectivity index (χ0n) is 27.4. The first-order valence-corrected chi connectivity index (χ1v) is 20.6. The highest BCUT2D eigenvalue weighted by atomic mass is 32.3. The Bertz CT molecular complexity index is 2590. The van der Waals surface area contributed by atoms with Crippen LogP contribution < -0.4 is 9.62 Å². The number of sulfonamides is 1. The standard InChI is InChI=1S/C29H26N4O17S5/c1-33(53(38,39)11-10-46-55(43,44)45)18-8-6-17(7-9-18)30-22-14-19(54(40,41)42)12-16-13-25(52-50-48-37)28(29(35)26(16)22)32-31-27-21-5-3-2-4-20(21)24(15-23(27)34)51-49-47-36/h2-9,12-15,30,34-37H,10-11H2,1H3,(H,40,41,42)(H,43,44,45). The minimum Gasteiger partial charge on any atom is -0.506 e. The first kappa shape index (κ1) is 41.8. The first-order valence-electron chi connectivity index (χ1n) is 14.7. The molecular weight excluding hydrogens is 837 g/mol. The van der Waals surface area contributed by atoms with Gasteiger partial charge in [0.2, 0.25) is 10.0 Å². The number of anilines is 3. The van der Waals surface area contributed by atoms with Crippen LogP contribution in [0.5, 0.6) is 11.5 Å². The lowest BCUT2D eigenvalue weighted by Crippen LogP contribution is -2.31. The first-order chi connectivity index (χ1) is 25.9. The molecule has 21 nitrogen and oxygen atoms in total. The minimum atomic E-state index is -4.86. The maximum absolute atomic E-state index is 12.7. The van der Waals surface area contributed by atoms with Crippen molar-refractivity contribution in [3.05, 3.63) is 72.8 Å². The molecule has 5 aromatic rings. The predicted octanol–water partition coefficient (Wildman–Crippen LogP) is 6.25. The van der Waals surface area contributed by atoms with Crippen molar-refractivity contribution >= 4 is 105 Å². The molecule has 5 rings (SSSR count). The molecule has 0 aromatic heterocycles. The number of aromatic hydroxyl groups is 2. The van der Waals surface area contributed by atoms with Crippen LogP contribution in [0.25, 0.3) is 21.5 Å². The van der Waals surface area contributed by atoms with Crippen LogP contribution in [0.15, 0.2) is 97.7 Å². The normalized spacial score (nSPS) is 12.5. The SMILES string of the molecule is CN(c1ccc(Nc2cc(S(=O)(=O)O)cc3cc(SOOO)c(N=Nc4c(O)cc(SOOO)c5ccccc45)c(O)c23)cc1)S(=O)(=O)CCOS(=O)(=O)O. The van der Waals surface area contributed by atoms with Gasteiger partial charge in [-0.25, -0.2) is 23.1 Å². The van der Waals surface area contributed by atoms with Gasteiger partial charge >= 0.3 is 10.4 Å². The van der Waals surface area contributed by atoms with Crippen molar-refractivity contribution in [3.63, 3.8) is 0 Å². The molecule has 294 valence electrons. The van der Waals surface area contributed by atoms with Crippen LogP contribution in [0.3, 0.4) is 0 Å². The summed E-state index contributed by atoms with van der Waals surface area (Å²) in [4.78, 5) is -0.413. The Morgan fingerprint density at radius 3 is 2.02 bits per heavy atom. The monoisotopic (exact) mass is 862 g/mol. The van der Waals surface area contributed by atoms with E-state index in [1.165, 1.54) is 43.4 Å². The maximum Gasteiger partial charge on any atom is 0.397 e. The number of rotatable bonds is 17. The molecule has 0 spiro atoms. The minimum absolute atomic E-state index is 0.0200. The summed E-state index contributed by atoms with van der Waals surface area (Å²) in [5, 5.41) is 59.3. The van der Waals surface area contributed by atoms with E-state index >= 15 is 0 Å². The lowest BCUT2D eigenvalue weighted by Gasteiger charge is -2.20. The lowest BCUT2D eigenvalue weighted by atomic mass is 10.1. The Kier molecular flexibility index (Phi) is 13.0. The largest absolute Gasteiger partial charge is 0.506 e. The van der Waals surface area contributed by atoms with E-state index < -0.39 is 59.3 Å². The number of fused-ring (bicyclic) bond motifs is 2. The molecule has 26 heteroatoms. The fraction of sp³-hybridized carbons (Fsp3) is 0.103. The van der Waals surface area contributed by atoms with Crippen molar-refractivity contribution in [1.82, 2.24) is 0 Å². The van der Waals surface area contributed by atoms with Gasteiger partial charge in [0.25, 0.3) is 10.1 Å². The van der Waals surface area contributed by atoms with E-state index in [9.17, 15) is 40.0 Å². The predicted molar refractivity (Wildman–Crippen MR) is 196 cm³/mol. The highest BCUT2D eigenvalue weighted by Crippen LogP contribution is 2.49.